The SMILES string of the molecule is CCCCCCCCCCCCCCCCCC(=O)O[C@H](COC(=O)CCCCCCCCCCCCCCC)COP(=O)(O)OC[C@@H](O)COP(=O)(O)OC[C@@H](COC(=O)CCCCCCCCC)OC(=O)CCCCCCCCCC. The summed E-state index contributed by atoms with van der Waals surface area (Å²) in [6.45, 7) is 4.84. The van der Waals surface area contributed by atoms with Crippen LogP contribution < -0.4 is 0 Å². The van der Waals surface area contributed by atoms with Crippen molar-refractivity contribution in [2.24, 2.45) is 0 Å². The van der Waals surface area contributed by atoms with Gasteiger partial charge in [-0.15, -0.1) is 0 Å². The fourth-order valence-electron chi connectivity index (χ4n) is 9.63. The number of hydrogen-bond acceptors (Lipinski definition) is 15. The summed E-state index contributed by atoms with van der Waals surface area (Å²) in [4.78, 5) is 72.0. The van der Waals surface area contributed by atoms with Gasteiger partial charge in [0.1, 0.15) is 19.3 Å². The number of carbonyl (C=O) groups is 4. The minimum atomic E-state index is -4.94. The molecule has 0 aromatic rings. The Balaban J connectivity index is 5.19. The molecule has 0 fully saturated rings. The first-order valence-corrected chi connectivity index (χ1v) is 36.8. The molecule has 19 heteroatoms. The summed E-state index contributed by atoms with van der Waals surface area (Å²) in [5, 5.41) is 10.5. The number of esters is 4. The molecule has 3 N–H and O–H groups in total. The van der Waals surface area contributed by atoms with Crippen LogP contribution in [0.3, 0.4) is 0 Å². The average molecular weight is 1230 g/mol. The van der Waals surface area contributed by atoms with Crippen LogP contribution in [0.4, 0.5) is 0 Å². The predicted molar refractivity (Wildman–Crippen MR) is 331 cm³/mol. The lowest BCUT2D eigenvalue weighted by Gasteiger charge is -2.21. The van der Waals surface area contributed by atoms with Crippen molar-refractivity contribution in [3.05, 3.63) is 0 Å². The number of hydrogen-bond donors (Lipinski definition) is 3. The maximum Gasteiger partial charge on any atom is 0.472 e. The number of phosphoric acid groups is 2. The molecule has 492 valence electrons. The molecule has 0 aliphatic heterocycles. The van der Waals surface area contributed by atoms with Crippen molar-refractivity contribution in [3.8, 4) is 0 Å². The van der Waals surface area contributed by atoms with Crippen molar-refractivity contribution in [1.82, 2.24) is 0 Å². The highest BCUT2D eigenvalue weighted by molar-refractivity contribution is 7.47. The smallest absolute Gasteiger partial charge is 0.462 e. The lowest BCUT2D eigenvalue weighted by atomic mass is 10.0. The first kappa shape index (κ1) is 81.1. The van der Waals surface area contributed by atoms with E-state index in [-0.39, 0.29) is 25.7 Å². The topological polar surface area (TPSA) is 237 Å². The summed E-state index contributed by atoms with van der Waals surface area (Å²) < 4.78 is 67.9. The van der Waals surface area contributed by atoms with E-state index in [0.717, 1.165) is 109 Å². The van der Waals surface area contributed by atoms with E-state index in [1.54, 1.807) is 0 Å². The third-order valence-corrected chi connectivity index (χ3v) is 16.8. The number of unbranched alkanes of at least 4 members (excludes halogenated alkanes) is 39. The number of aliphatic hydroxyl groups is 1. The van der Waals surface area contributed by atoms with Gasteiger partial charge in [0.2, 0.25) is 0 Å². The lowest BCUT2D eigenvalue weighted by Crippen LogP contribution is -2.30. The average Bonchev–Trinajstić information content (AvgIpc) is 3.46. The van der Waals surface area contributed by atoms with E-state index in [1.165, 1.54) is 141 Å². The van der Waals surface area contributed by atoms with Crippen molar-refractivity contribution in [1.29, 1.82) is 0 Å². The third kappa shape index (κ3) is 58.8. The van der Waals surface area contributed by atoms with E-state index < -0.39 is 97.5 Å². The van der Waals surface area contributed by atoms with Gasteiger partial charge in [0.05, 0.1) is 26.4 Å². The Bertz CT molecular complexity index is 1600. The Morgan fingerprint density at radius 3 is 0.711 bits per heavy atom. The molecule has 0 amide bonds. The molecule has 0 spiro atoms. The zero-order valence-corrected chi connectivity index (χ0v) is 54.9. The van der Waals surface area contributed by atoms with Gasteiger partial charge in [0.15, 0.2) is 12.2 Å². The molecule has 0 aromatic carbocycles. The van der Waals surface area contributed by atoms with Crippen molar-refractivity contribution < 1.29 is 80.2 Å². The van der Waals surface area contributed by atoms with Gasteiger partial charge in [-0.05, 0) is 25.7 Å². The predicted octanol–water partition coefficient (Wildman–Crippen LogP) is 17.9. The Morgan fingerprint density at radius 1 is 0.289 bits per heavy atom. The van der Waals surface area contributed by atoms with Gasteiger partial charge in [-0.3, -0.25) is 37.3 Å². The van der Waals surface area contributed by atoms with E-state index >= 15 is 0 Å². The van der Waals surface area contributed by atoms with Gasteiger partial charge in [-0.25, -0.2) is 9.13 Å². The van der Waals surface area contributed by atoms with Crippen molar-refractivity contribution in [2.75, 3.05) is 39.6 Å². The summed E-state index contributed by atoms with van der Waals surface area (Å²) in [7, 11) is -9.88. The van der Waals surface area contributed by atoms with Crippen LogP contribution in [0.1, 0.15) is 329 Å². The minimum Gasteiger partial charge on any atom is -0.462 e. The van der Waals surface area contributed by atoms with Crippen molar-refractivity contribution in [3.63, 3.8) is 0 Å². The van der Waals surface area contributed by atoms with Crippen LogP contribution in [0.5, 0.6) is 0 Å². The van der Waals surface area contributed by atoms with Gasteiger partial charge in [-0.2, -0.15) is 0 Å². The number of rotatable bonds is 65. The summed E-state index contributed by atoms with van der Waals surface area (Å²) in [5.74, 6) is -2.14. The summed E-state index contributed by atoms with van der Waals surface area (Å²) >= 11 is 0. The first-order chi connectivity index (χ1) is 40.2. The van der Waals surface area contributed by atoms with Crippen LogP contribution in [-0.2, 0) is 65.4 Å². The van der Waals surface area contributed by atoms with E-state index in [9.17, 15) is 43.2 Å². The van der Waals surface area contributed by atoms with Gasteiger partial charge in [-0.1, -0.05) is 278 Å². The van der Waals surface area contributed by atoms with E-state index in [4.69, 9.17) is 37.0 Å². The first-order valence-electron chi connectivity index (χ1n) is 33.8. The fourth-order valence-corrected chi connectivity index (χ4v) is 11.2. The highest BCUT2D eigenvalue weighted by atomic mass is 31.2. The molecule has 0 radical (unpaired) electrons. The molecule has 0 rings (SSSR count). The second-order valence-corrected chi connectivity index (χ2v) is 26.1. The second kappa shape index (κ2) is 59.0. The Morgan fingerprint density at radius 2 is 0.482 bits per heavy atom. The van der Waals surface area contributed by atoms with Crippen LogP contribution in [-0.4, -0.2) is 96.7 Å². The molecule has 2 unspecified atom stereocenters. The van der Waals surface area contributed by atoms with Gasteiger partial charge in [0, 0.05) is 25.7 Å². The maximum absolute atomic E-state index is 13.0. The van der Waals surface area contributed by atoms with Crippen LogP contribution in [0.2, 0.25) is 0 Å². The van der Waals surface area contributed by atoms with Crippen LogP contribution in [0.15, 0.2) is 0 Å². The molecule has 0 saturated heterocycles. The molecule has 0 aliphatic rings. The highest BCUT2D eigenvalue weighted by Crippen LogP contribution is 2.45. The molecule has 17 nitrogen and oxygen atoms in total. The molecule has 5 atom stereocenters. The van der Waals surface area contributed by atoms with Crippen molar-refractivity contribution in [2.45, 2.75) is 348 Å². The zero-order valence-electron chi connectivity index (χ0n) is 53.2. The zero-order chi connectivity index (χ0) is 61.2. The molecule has 0 heterocycles. The summed E-state index contributed by atoms with van der Waals surface area (Å²) in [6, 6.07) is 0. The normalized spacial score (nSPS) is 14.2. The summed E-state index contributed by atoms with van der Waals surface area (Å²) in [5.41, 5.74) is 0. The third-order valence-electron chi connectivity index (χ3n) is 14.9. The molecule has 0 aliphatic carbocycles. The monoisotopic (exact) mass is 1230 g/mol. The molecular formula is C64H124O17P2. The number of phosphoric ester groups is 2. The van der Waals surface area contributed by atoms with E-state index in [2.05, 4.69) is 27.7 Å². The fraction of sp³-hybridized carbons (Fsp3) is 0.938. The van der Waals surface area contributed by atoms with Gasteiger partial charge < -0.3 is 33.8 Å². The minimum absolute atomic E-state index is 0.105. The van der Waals surface area contributed by atoms with Gasteiger partial charge >= 0.3 is 39.5 Å². The molecule has 83 heavy (non-hydrogen) atoms. The lowest BCUT2D eigenvalue weighted by molar-refractivity contribution is -0.161. The number of aliphatic hydroxyl groups excluding tert-OH is 1. The van der Waals surface area contributed by atoms with E-state index in [1.807, 2.05) is 0 Å². The number of ether oxygens (including phenoxy) is 4. The molecular weight excluding hydrogens is 1100 g/mol. The largest absolute Gasteiger partial charge is 0.472 e. The number of carbonyl (C=O) groups excluding carboxylic acids is 4. The van der Waals surface area contributed by atoms with Gasteiger partial charge in [0.25, 0.3) is 0 Å². The molecule has 0 aromatic heterocycles. The molecule has 0 bridgehead atoms. The van der Waals surface area contributed by atoms with Crippen LogP contribution in [0, 0.1) is 0 Å². The van der Waals surface area contributed by atoms with Crippen LogP contribution in [0.25, 0.3) is 0 Å². The Labute approximate surface area is 505 Å². The quantitative estimate of drug-likeness (QED) is 0.0222. The maximum atomic E-state index is 13.0. The summed E-state index contributed by atoms with van der Waals surface area (Å²) in [6.07, 6.45) is 44.5. The Kier molecular flexibility index (Phi) is 57.7. The Hall–Kier alpha value is -1.94. The highest BCUT2D eigenvalue weighted by Gasteiger charge is 2.30. The second-order valence-electron chi connectivity index (χ2n) is 23.2. The standard InChI is InChI=1S/C64H124O17P2/c1-5-9-13-17-21-24-26-28-29-31-33-35-39-43-47-51-64(69)81-60(55-75-62(67)49-45-41-38-34-32-30-27-25-22-18-14-10-6-2)57-79-83(72,73)77-53-58(65)52-76-82(70,71)78-56-59(54-74-61(66)48-44-40-36-20-16-12-8-4)80-63(68)50-46-42-37-23-19-15-11-7-3/h58-60,65H,5-57H2,1-4H3,(H,70,71)(H,72,73)/t58-,59+,60+/m0/s1. The molecule has 0 saturated carbocycles. The van der Waals surface area contributed by atoms with E-state index in [0.29, 0.717) is 25.7 Å². The van der Waals surface area contributed by atoms with Crippen molar-refractivity contribution >= 4 is 39.5 Å². The van der Waals surface area contributed by atoms with Crippen LogP contribution >= 0.6 is 15.6 Å².